The minimum atomic E-state index is -0.404. The normalized spacial score (nSPS) is 10.5. The van der Waals surface area contributed by atoms with E-state index in [2.05, 4.69) is 4.98 Å². The molecular formula is C8H6FNOS. The molecule has 2 aromatic rings. The van der Waals surface area contributed by atoms with Crippen LogP contribution in [0.3, 0.4) is 0 Å². The number of nitrogens with zero attached hydrogens (tertiary/aromatic N) is 1. The third kappa shape index (κ3) is 1.14. The van der Waals surface area contributed by atoms with Crippen LogP contribution in [0.2, 0.25) is 0 Å². The van der Waals surface area contributed by atoms with Crippen molar-refractivity contribution in [2.24, 2.45) is 0 Å². The van der Waals surface area contributed by atoms with Gasteiger partial charge in [-0.25, -0.2) is 4.98 Å². The number of aromatic nitrogens is 1. The maximum Gasteiger partial charge on any atom is 0.270 e. The van der Waals surface area contributed by atoms with E-state index in [1.165, 1.54) is 0 Å². The highest BCUT2D eigenvalue weighted by molar-refractivity contribution is 7.17. The first-order valence-corrected chi connectivity index (χ1v) is 4.21. The Kier molecular flexibility index (Phi) is 1.69. The first-order chi connectivity index (χ1) is 5.79. The summed E-state index contributed by atoms with van der Waals surface area (Å²) in [6.07, 6.45) is 0. The van der Waals surface area contributed by atoms with Crippen LogP contribution in [0.15, 0.2) is 18.2 Å². The number of halogens is 1. The van der Waals surface area contributed by atoms with Gasteiger partial charge in [0.2, 0.25) is 0 Å². The van der Waals surface area contributed by atoms with Crippen LogP contribution in [-0.2, 0) is 0 Å². The van der Waals surface area contributed by atoms with Crippen molar-refractivity contribution in [2.45, 2.75) is 0 Å². The molecule has 4 heteroatoms. The van der Waals surface area contributed by atoms with Crippen LogP contribution in [0.4, 0.5) is 4.39 Å². The van der Waals surface area contributed by atoms with Gasteiger partial charge >= 0.3 is 0 Å². The third-order valence-electron chi connectivity index (χ3n) is 1.57. The quantitative estimate of drug-likeness (QED) is 0.677. The van der Waals surface area contributed by atoms with E-state index < -0.39 is 5.26 Å². The van der Waals surface area contributed by atoms with Gasteiger partial charge in [0.1, 0.15) is 5.75 Å². The predicted molar refractivity (Wildman–Crippen MR) is 46.1 cm³/mol. The fraction of sp³-hybridized carbons (Fsp3) is 0.125. The first kappa shape index (κ1) is 7.49. The smallest absolute Gasteiger partial charge is 0.270 e. The van der Waals surface area contributed by atoms with Crippen molar-refractivity contribution in [1.82, 2.24) is 4.98 Å². The largest absolute Gasteiger partial charge is 0.497 e. The van der Waals surface area contributed by atoms with Crippen LogP contribution in [0.25, 0.3) is 10.2 Å². The first-order valence-electron chi connectivity index (χ1n) is 3.39. The second-order valence-corrected chi connectivity index (χ2v) is 3.28. The number of fused-ring (bicyclic) bond motifs is 1. The zero-order valence-electron chi connectivity index (χ0n) is 6.37. The zero-order chi connectivity index (χ0) is 8.55. The Bertz CT molecular complexity index is 412. The lowest BCUT2D eigenvalue weighted by Gasteiger charge is -1.96. The molecule has 0 radical (unpaired) electrons. The molecule has 0 saturated heterocycles. The van der Waals surface area contributed by atoms with Crippen molar-refractivity contribution in [2.75, 3.05) is 7.11 Å². The summed E-state index contributed by atoms with van der Waals surface area (Å²) < 4.78 is 18.4. The topological polar surface area (TPSA) is 22.1 Å². The van der Waals surface area contributed by atoms with Gasteiger partial charge in [0.25, 0.3) is 5.26 Å². The summed E-state index contributed by atoms with van der Waals surface area (Å²) in [4.78, 5) is 3.69. The average Bonchev–Trinajstić information content (AvgIpc) is 2.43. The van der Waals surface area contributed by atoms with Crippen LogP contribution in [0.5, 0.6) is 5.75 Å². The van der Waals surface area contributed by atoms with Gasteiger partial charge in [0, 0.05) is 6.07 Å². The van der Waals surface area contributed by atoms with Crippen molar-refractivity contribution < 1.29 is 9.13 Å². The molecule has 0 spiro atoms. The minimum absolute atomic E-state index is 0.404. The number of hydrogen-bond donors (Lipinski definition) is 0. The molecule has 2 rings (SSSR count). The zero-order valence-corrected chi connectivity index (χ0v) is 7.19. The van der Waals surface area contributed by atoms with Crippen LogP contribution in [0.1, 0.15) is 0 Å². The highest BCUT2D eigenvalue weighted by Gasteiger charge is 2.02. The van der Waals surface area contributed by atoms with Crippen molar-refractivity contribution >= 4 is 21.6 Å². The molecule has 2 nitrogen and oxygen atoms in total. The third-order valence-corrected chi connectivity index (χ3v) is 2.39. The lowest BCUT2D eigenvalue weighted by molar-refractivity contribution is 0.415. The van der Waals surface area contributed by atoms with Gasteiger partial charge in [-0.15, -0.1) is 0 Å². The molecule has 0 fully saturated rings. The SMILES string of the molecule is COc1ccc2sc(F)nc2c1. The molecule has 0 unspecified atom stereocenters. The number of rotatable bonds is 1. The molecule has 62 valence electrons. The lowest BCUT2D eigenvalue weighted by Crippen LogP contribution is -1.80. The summed E-state index contributed by atoms with van der Waals surface area (Å²) in [5.74, 6) is 0.702. The van der Waals surface area contributed by atoms with E-state index in [9.17, 15) is 4.39 Å². The summed E-state index contributed by atoms with van der Waals surface area (Å²) in [6.45, 7) is 0. The molecule has 0 atom stereocenters. The fourth-order valence-electron chi connectivity index (χ4n) is 1.01. The van der Waals surface area contributed by atoms with Crippen LogP contribution < -0.4 is 4.74 Å². The molecule has 0 saturated carbocycles. The number of hydrogen-bond acceptors (Lipinski definition) is 3. The number of benzene rings is 1. The molecule has 1 heterocycles. The summed E-state index contributed by atoms with van der Waals surface area (Å²) >= 11 is 1.04. The monoisotopic (exact) mass is 183 g/mol. The number of methoxy groups -OCH3 is 1. The Hall–Kier alpha value is -1.16. The van der Waals surface area contributed by atoms with Crippen LogP contribution in [0, 0.1) is 5.26 Å². The van der Waals surface area contributed by atoms with Crippen molar-refractivity contribution in [3.05, 3.63) is 23.5 Å². The highest BCUT2D eigenvalue weighted by atomic mass is 32.1. The van der Waals surface area contributed by atoms with E-state index in [4.69, 9.17) is 4.74 Å². The molecule has 0 aliphatic rings. The fourth-order valence-corrected chi connectivity index (χ4v) is 1.68. The molecule has 0 aliphatic carbocycles. The van der Waals surface area contributed by atoms with Gasteiger partial charge in [0.05, 0.1) is 17.3 Å². The highest BCUT2D eigenvalue weighted by Crippen LogP contribution is 2.24. The molecule has 1 aromatic carbocycles. The Balaban J connectivity index is 2.66. The molecule has 0 amide bonds. The van der Waals surface area contributed by atoms with E-state index in [1.54, 1.807) is 25.3 Å². The Morgan fingerprint density at radius 1 is 1.50 bits per heavy atom. The van der Waals surface area contributed by atoms with Gasteiger partial charge in [0.15, 0.2) is 0 Å². The Labute approximate surface area is 72.6 Å². The summed E-state index contributed by atoms with van der Waals surface area (Å²) in [5.41, 5.74) is 0.650. The van der Waals surface area contributed by atoms with Gasteiger partial charge < -0.3 is 4.74 Å². The molecule has 0 aliphatic heterocycles. The number of ether oxygens (including phenoxy) is 1. The molecular weight excluding hydrogens is 177 g/mol. The Morgan fingerprint density at radius 3 is 3.08 bits per heavy atom. The van der Waals surface area contributed by atoms with Crippen molar-refractivity contribution in [3.63, 3.8) is 0 Å². The van der Waals surface area contributed by atoms with Crippen LogP contribution >= 0.6 is 11.3 Å². The van der Waals surface area contributed by atoms with E-state index in [0.29, 0.717) is 11.3 Å². The van der Waals surface area contributed by atoms with Crippen molar-refractivity contribution in [3.8, 4) is 5.75 Å². The molecule has 12 heavy (non-hydrogen) atoms. The van der Waals surface area contributed by atoms with Crippen LogP contribution in [-0.4, -0.2) is 12.1 Å². The van der Waals surface area contributed by atoms with Gasteiger partial charge in [-0.3, -0.25) is 0 Å². The summed E-state index contributed by atoms with van der Waals surface area (Å²) in [7, 11) is 1.57. The maximum absolute atomic E-state index is 12.6. The van der Waals surface area contributed by atoms with E-state index >= 15 is 0 Å². The van der Waals surface area contributed by atoms with Crippen molar-refractivity contribution in [1.29, 1.82) is 0 Å². The second kappa shape index (κ2) is 2.71. The maximum atomic E-state index is 12.6. The summed E-state index contributed by atoms with van der Waals surface area (Å²) in [6, 6.07) is 5.31. The van der Waals surface area contributed by atoms with Gasteiger partial charge in [-0.05, 0) is 12.1 Å². The summed E-state index contributed by atoms with van der Waals surface area (Å²) in [5, 5.41) is -0.404. The van der Waals surface area contributed by atoms with E-state index in [-0.39, 0.29) is 0 Å². The standard InChI is InChI=1S/C8H6FNOS/c1-11-5-2-3-7-6(4-5)10-8(9)12-7/h2-4H,1H3. The lowest BCUT2D eigenvalue weighted by atomic mass is 10.3. The van der Waals surface area contributed by atoms with E-state index in [0.717, 1.165) is 16.0 Å². The van der Waals surface area contributed by atoms with Gasteiger partial charge in [-0.1, -0.05) is 11.3 Å². The Morgan fingerprint density at radius 2 is 2.33 bits per heavy atom. The van der Waals surface area contributed by atoms with E-state index in [1.807, 2.05) is 0 Å². The molecule has 1 aromatic heterocycles. The second-order valence-electron chi connectivity index (χ2n) is 2.30. The predicted octanol–water partition coefficient (Wildman–Crippen LogP) is 2.44. The molecule has 0 bridgehead atoms. The minimum Gasteiger partial charge on any atom is -0.497 e. The molecule has 0 N–H and O–H groups in total. The average molecular weight is 183 g/mol. The number of thiazole rings is 1. The van der Waals surface area contributed by atoms with Gasteiger partial charge in [-0.2, -0.15) is 4.39 Å².